The summed E-state index contributed by atoms with van der Waals surface area (Å²) in [6.45, 7) is 11.8. The fraction of sp³-hybridized carbons (Fsp3) is 0.632. The van der Waals surface area contributed by atoms with Gasteiger partial charge in [-0.2, -0.15) is 4.58 Å². The molecule has 0 fully saturated rings. The Morgan fingerprint density at radius 3 is 2.50 bits per heavy atom. The van der Waals surface area contributed by atoms with Crippen molar-refractivity contribution in [2.24, 2.45) is 0 Å². The summed E-state index contributed by atoms with van der Waals surface area (Å²) in [5, 5.41) is 0. The molecule has 0 spiro atoms. The van der Waals surface area contributed by atoms with Gasteiger partial charge in [-0.05, 0) is 33.1 Å². The molecule has 1 unspecified atom stereocenters. The number of nitrogens with zero attached hydrogens (tertiary/aromatic N) is 1. The topological polar surface area (TPSA) is 20.1 Å². The van der Waals surface area contributed by atoms with Crippen molar-refractivity contribution >= 4 is 18.5 Å². The fourth-order valence-corrected chi connectivity index (χ4v) is 4.45. The molecule has 2 nitrogen and oxygen atoms in total. The second-order valence-electron chi connectivity index (χ2n) is 7.34. The number of fused-ring (bicyclic) bond motifs is 1. The Balaban J connectivity index is 2.34. The van der Waals surface area contributed by atoms with E-state index in [9.17, 15) is 4.57 Å². The van der Waals surface area contributed by atoms with Gasteiger partial charge in [0, 0.05) is 31.1 Å². The SMILES string of the molecule is CCCCC[N+]1=C(C)C(C)(CCP(C)(C)=O)c2ccccc21. The predicted octanol–water partition coefficient (Wildman–Crippen LogP) is 5.27. The maximum Gasteiger partial charge on any atom is 0.209 e. The standard InChI is InChI=1S/C19H31NOP/c1-6-7-10-14-20-16(2)19(3,13-15-22(4,5)21)17-11-8-9-12-18(17)20/h8-9,11-12H,6-7,10,13-15H2,1-5H3/q+1. The van der Waals surface area contributed by atoms with Crippen LogP contribution in [0.5, 0.6) is 0 Å². The first kappa shape index (κ1) is 17.5. The van der Waals surface area contributed by atoms with Gasteiger partial charge in [-0.25, -0.2) is 0 Å². The number of hydrogen-bond acceptors (Lipinski definition) is 1. The molecule has 0 radical (unpaired) electrons. The van der Waals surface area contributed by atoms with Crippen LogP contribution in [0, 0.1) is 0 Å². The molecular weight excluding hydrogens is 289 g/mol. The highest BCUT2D eigenvalue weighted by Gasteiger charge is 2.46. The monoisotopic (exact) mass is 320 g/mol. The zero-order valence-corrected chi connectivity index (χ0v) is 15.7. The van der Waals surface area contributed by atoms with E-state index in [4.69, 9.17) is 0 Å². The minimum atomic E-state index is -1.98. The van der Waals surface area contributed by atoms with Crippen molar-refractivity contribution in [3.63, 3.8) is 0 Å². The van der Waals surface area contributed by atoms with E-state index in [0.717, 1.165) is 19.1 Å². The van der Waals surface area contributed by atoms with Gasteiger partial charge in [0.15, 0.2) is 5.71 Å². The van der Waals surface area contributed by atoms with Crippen molar-refractivity contribution in [3.8, 4) is 0 Å². The van der Waals surface area contributed by atoms with Gasteiger partial charge in [0.2, 0.25) is 5.69 Å². The molecule has 2 rings (SSSR count). The van der Waals surface area contributed by atoms with Gasteiger partial charge < -0.3 is 4.57 Å². The van der Waals surface area contributed by atoms with Crippen molar-refractivity contribution in [1.82, 2.24) is 0 Å². The quantitative estimate of drug-likeness (QED) is 0.381. The van der Waals surface area contributed by atoms with Crippen molar-refractivity contribution in [1.29, 1.82) is 0 Å². The molecule has 0 bridgehead atoms. The van der Waals surface area contributed by atoms with Gasteiger partial charge in [0.05, 0.1) is 12.6 Å². The Kier molecular flexibility index (Phi) is 5.33. The number of unbranched alkanes of at least 4 members (excludes halogenated alkanes) is 2. The Labute approximate surface area is 136 Å². The van der Waals surface area contributed by atoms with E-state index >= 15 is 0 Å². The predicted molar refractivity (Wildman–Crippen MR) is 97.7 cm³/mol. The first-order chi connectivity index (χ1) is 10.3. The van der Waals surface area contributed by atoms with Gasteiger partial charge >= 0.3 is 0 Å². The smallest absolute Gasteiger partial charge is 0.209 e. The lowest BCUT2D eigenvalue weighted by atomic mass is 9.78. The minimum Gasteiger partial charge on any atom is -0.324 e. The molecule has 1 aliphatic rings. The van der Waals surface area contributed by atoms with Crippen LogP contribution in [0.25, 0.3) is 0 Å². The molecule has 0 amide bonds. The molecule has 1 heterocycles. The minimum absolute atomic E-state index is 0.0322. The van der Waals surface area contributed by atoms with E-state index in [-0.39, 0.29) is 5.41 Å². The first-order valence-corrected chi connectivity index (χ1v) is 11.3. The van der Waals surface area contributed by atoms with E-state index in [0.29, 0.717) is 0 Å². The zero-order chi connectivity index (χ0) is 16.4. The van der Waals surface area contributed by atoms with Crippen LogP contribution in [-0.2, 0) is 9.98 Å². The normalized spacial score (nSPS) is 21.3. The summed E-state index contributed by atoms with van der Waals surface area (Å²) in [4.78, 5) is 0. The molecule has 1 atom stereocenters. The molecule has 3 heteroatoms. The highest BCUT2D eigenvalue weighted by atomic mass is 31.2. The molecular formula is C19H31NOP+. The summed E-state index contributed by atoms with van der Waals surface area (Å²) < 4.78 is 14.7. The lowest BCUT2D eigenvalue weighted by Crippen LogP contribution is -2.31. The number of para-hydroxylation sites is 1. The summed E-state index contributed by atoms with van der Waals surface area (Å²) in [6, 6.07) is 8.77. The molecule has 0 aromatic heterocycles. The largest absolute Gasteiger partial charge is 0.324 e. The molecule has 0 saturated heterocycles. The molecule has 1 aliphatic heterocycles. The van der Waals surface area contributed by atoms with Crippen LogP contribution in [0.15, 0.2) is 24.3 Å². The van der Waals surface area contributed by atoms with Crippen LogP contribution in [0.1, 0.15) is 52.0 Å². The Bertz CT molecular complexity index is 614. The van der Waals surface area contributed by atoms with Crippen LogP contribution in [0.3, 0.4) is 0 Å². The van der Waals surface area contributed by atoms with Gasteiger partial charge in [0.1, 0.15) is 6.54 Å². The Morgan fingerprint density at radius 2 is 1.86 bits per heavy atom. The third-order valence-electron chi connectivity index (χ3n) is 5.13. The third-order valence-corrected chi connectivity index (χ3v) is 6.43. The van der Waals surface area contributed by atoms with E-state index in [2.05, 4.69) is 49.6 Å². The average molecular weight is 320 g/mol. The van der Waals surface area contributed by atoms with Gasteiger partial charge in [0.25, 0.3) is 0 Å². The average Bonchev–Trinajstić information content (AvgIpc) is 2.68. The summed E-state index contributed by atoms with van der Waals surface area (Å²) in [6.07, 6.45) is 5.56. The van der Waals surface area contributed by atoms with Crippen LogP contribution in [-0.4, -0.2) is 36.3 Å². The summed E-state index contributed by atoms with van der Waals surface area (Å²) in [5.74, 6) is 0. The number of rotatable bonds is 7. The lowest BCUT2D eigenvalue weighted by molar-refractivity contribution is -0.439. The lowest BCUT2D eigenvalue weighted by Gasteiger charge is -2.23. The van der Waals surface area contributed by atoms with Crippen molar-refractivity contribution in [2.45, 2.75) is 51.9 Å². The molecule has 1 aromatic rings. The molecule has 0 saturated carbocycles. The Morgan fingerprint density at radius 1 is 1.18 bits per heavy atom. The second-order valence-corrected chi connectivity index (χ2v) is 10.9. The molecule has 22 heavy (non-hydrogen) atoms. The first-order valence-electron chi connectivity index (χ1n) is 8.54. The van der Waals surface area contributed by atoms with E-state index in [1.165, 1.54) is 36.2 Å². The van der Waals surface area contributed by atoms with Gasteiger partial charge in [-0.15, -0.1) is 0 Å². The third kappa shape index (κ3) is 3.54. The fourth-order valence-electron chi connectivity index (χ4n) is 3.47. The maximum atomic E-state index is 12.2. The van der Waals surface area contributed by atoms with E-state index in [1.807, 2.05) is 13.3 Å². The number of benzene rings is 1. The van der Waals surface area contributed by atoms with E-state index in [1.54, 1.807) is 0 Å². The maximum absolute atomic E-state index is 12.2. The summed E-state index contributed by atoms with van der Waals surface area (Å²) in [7, 11) is -1.98. The second kappa shape index (κ2) is 6.71. The molecule has 0 N–H and O–H groups in total. The van der Waals surface area contributed by atoms with Gasteiger partial charge in [-0.3, -0.25) is 0 Å². The molecule has 1 aromatic carbocycles. The Hall–Kier alpha value is -0.880. The highest BCUT2D eigenvalue weighted by molar-refractivity contribution is 7.62. The summed E-state index contributed by atoms with van der Waals surface area (Å²) in [5.41, 5.74) is 4.24. The highest BCUT2D eigenvalue weighted by Crippen LogP contribution is 2.46. The molecule has 122 valence electrons. The molecule has 0 aliphatic carbocycles. The van der Waals surface area contributed by atoms with Crippen LogP contribution in [0.4, 0.5) is 5.69 Å². The van der Waals surface area contributed by atoms with Crippen molar-refractivity contribution in [2.75, 3.05) is 26.0 Å². The summed E-state index contributed by atoms with van der Waals surface area (Å²) >= 11 is 0. The van der Waals surface area contributed by atoms with Crippen molar-refractivity contribution < 1.29 is 9.14 Å². The van der Waals surface area contributed by atoms with Crippen LogP contribution >= 0.6 is 7.14 Å². The van der Waals surface area contributed by atoms with Crippen LogP contribution in [0.2, 0.25) is 0 Å². The van der Waals surface area contributed by atoms with E-state index < -0.39 is 7.14 Å². The zero-order valence-electron chi connectivity index (χ0n) is 14.9. The van der Waals surface area contributed by atoms with Gasteiger partial charge in [-0.1, -0.05) is 31.5 Å². The number of hydrogen-bond donors (Lipinski definition) is 0. The van der Waals surface area contributed by atoms with Crippen molar-refractivity contribution in [3.05, 3.63) is 29.8 Å². The van der Waals surface area contributed by atoms with Crippen LogP contribution < -0.4 is 0 Å².